The number of nitrogens with zero attached hydrogens (tertiary/aromatic N) is 2. The molecule has 0 saturated carbocycles. The predicted molar refractivity (Wildman–Crippen MR) is 94.7 cm³/mol. The molecular weight excluding hydrogens is 357 g/mol. The molecule has 3 atom stereocenters. The highest BCUT2D eigenvalue weighted by molar-refractivity contribution is 5.85. The molecule has 8 nitrogen and oxygen atoms in total. The summed E-state index contributed by atoms with van der Waals surface area (Å²) in [6.07, 6.45) is -1.53. The van der Waals surface area contributed by atoms with E-state index in [9.17, 15) is 19.1 Å². The number of likely N-dealkylation sites (tertiary alicyclic amines) is 1. The van der Waals surface area contributed by atoms with Gasteiger partial charge in [0.25, 0.3) is 5.56 Å². The van der Waals surface area contributed by atoms with Gasteiger partial charge in [0.15, 0.2) is 11.6 Å². The molecule has 1 aromatic carbocycles. The first-order valence-corrected chi connectivity index (χ1v) is 8.80. The Hall–Kier alpha value is -2.65. The van der Waals surface area contributed by atoms with Gasteiger partial charge in [0, 0.05) is 31.1 Å². The number of aromatic nitrogens is 1. The van der Waals surface area contributed by atoms with Crippen molar-refractivity contribution < 1.29 is 24.1 Å². The standard InChI is InChI=1S/C18H20FN3O5/c19-12-3-1-10-2-4-15(24)22-11(9-27-17(12)16(10)22)7-21-6-5-13(14(23)8-21)20-18(25)26/h1-4,11,13-14,20,23H,5-9H2,(H,25,26)/t11-,13+,14-/m1/s1. The largest absolute Gasteiger partial charge is 0.486 e. The van der Waals surface area contributed by atoms with Crippen molar-refractivity contribution in [2.75, 3.05) is 26.2 Å². The molecule has 144 valence electrons. The van der Waals surface area contributed by atoms with Crippen molar-refractivity contribution in [1.82, 2.24) is 14.8 Å². The molecule has 1 amide bonds. The van der Waals surface area contributed by atoms with Crippen molar-refractivity contribution in [3.63, 3.8) is 0 Å². The second kappa shape index (κ2) is 6.82. The third-order valence-corrected chi connectivity index (χ3v) is 5.23. The Morgan fingerprint density at radius 3 is 2.85 bits per heavy atom. The summed E-state index contributed by atoms with van der Waals surface area (Å²) in [5.74, 6) is -0.415. The third-order valence-electron chi connectivity index (χ3n) is 5.23. The van der Waals surface area contributed by atoms with E-state index in [0.29, 0.717) is 25.0 Å². The average Bonchev–Trinajstić information content (AvgIpc) is 2.62. The molecule has 2 aliphatic rings. The van der Waals surface area contributed by atoms with Crippen molar-refractivity contribution in [2.24, 2.45) is 0 Å². The molecule has 27 heavy (non-hydrogen) atoms. The summed E-state index contributed by atoms with van der Waals surface area (Å²) >= 11 is 0. The van der Waals surface area contributed by atoms with Crippen LogP contribution in [0.4, 0.5) is 9.18 Å². The predicted octanol–water partition coefficient (Wildman–Crippen LogP) is 0.777. The minimum atomic E-state index is -1.16. The monoisotopic (exact) mass is 377 g/mol. The maximum absolute atomic E-state index is 14.1. The van der Waals surface area contributed by atoms with E-state index >= 15 is 0 Å². The SMILES string of the molecule is O=C(O)N[C@H]1CCN(C[C@@H]2COc3c(F)ccc4ccc(=O)n2c34)C[C@H]1O. The number of hydrogen-bond donors (Lipinski definition) is 3. The molecule has 4 rings (SSSR count). The number of nitrogens with one attached hydrogen (secondary N) is 1. The zero-order chi connectivity index (χ0) is 19.1. The molecule has 1 fully saturated rings. The number of aliphatic hydroxyl groups is 1. The molecule has 0 unspecified atom stereocenters. The Morgan fingerprint density at radius 1 is 1.33 bits per heavy atom. The number of carbonyl (C=O) groups is 1. The molecule has 1 aromatic heterocycles. The lowest BCUT2D eigenvalue weighted by molar-refractivity contribution is 0.0305. The van der Waals surface area contributed by atoms with Crippen LogP contribution in [0, 0.1) is 5.82 Å². The number of pyridine rings is 1. The van der Waals surface area contributed by atoms with E-state index in [1.165, 1.54) is 12.1 Å². The van der Waals surface area contributed by atoms with Gasteiger partial charge in [0.2, 0.25) is 0 Å². The van der Waals surface area contributed by atoms with Gasteiger partial charge in [-0.1, -0.05) is 0 Å². The van der Waals surface area contributed by atoms with E-state index < -0.39 is 24.1 Å². The van der Waals surface area contributed by atoms with Gasteiger partial charge in [-0.2, -0.15) is 0 Å². The molecule has 3 N–H and O–H groups in total. The van der Waals surface area contributed by atoms with Crippen molar-refractivity contribution in [3.8, 4) is 5.75 Å². The van der Waals surface area contributed by atoms with Crippen molar-refractivity contribution in [3.05, 3.63) is 40.4 Å². The number of hydrogen-bond acceptors (Lipinski definition) is 5. The number of amides is 1. The quantitative estimate of drug-likeness (QED) is 0.730. The Balaban J connectivity index is 1.58. The fraction of sp³-hybridized carbons (Fsp3) is 0.444. The molecule has 9 heteroatoms. The summed E-state index contributed by atoms with van der Waals surface area (Å²) in [5, 5.41) is 22.1. The molecule has 0 aliphatic carbocycles. The highest BCUT2D eigenvalue weighted by Crippen LogP contribution is 2.34. The van der Waals surface area contributed by atoms with Crippen LogP contribution in [-0.2, 0) is 0 Å². The summed E-state index contributed by atoms with van der Waals surface area (Å²) in [5.41, 5.74) is 0.215. The number of piperidine rings is 1. The number of benzene rings is 1. The number of ether oxygens (including phenoxy) is 1. The van der Waals surface area contributed by atoms with E-state index in [0.717, 1.165) is 5.39 Å². The van der Waals surface area contributed by atoms with Crippen LogP contribution >= 0.6 is 0 Å². The fourth-order valence-corrected chi connectivity index (χ4v) is 3.97. The first kappa shape index (κ1) is 17.7. The zero-order valence-corrected chi connectivity index (χ0v) is 14.5. The van der Waals surface area contributed by atoms with Crippen LogP contribution in [0.3, 0.4) is 0 Å². The van der Waals surface area contributed by atoms with Gasteiger partial charge < -0.3 is 20.3 Å². The maximum Gasteiger partial charge on any atom is 0.404 e. The Labute approximate surface area is 153 Å². The summed E-state index contributed by atoms with van der Waals surface area (Å²) in [4.78, 5) is 25.2. The topological polar surface area (TPSA) is 104 Å². The van der Waals surface area contributed by atoms with Gasteiger partial charge in [-0.15, -0.1) is 0 Å². The summed E-state index contributed by atoms with van der Waals surface area (Å²) < 4.78 is 21.3. The third kappa shape index (κ3) is 3.24. The smallest absolute Gasteiger partial charge is 0.404 e. The van der Waals surface area contributed by atoms with E-state index in [4.69, 9.17) is 9.84 Å². The molecule has 1 saturated heterocycles. The van der Waals surface area contributed by atoms with E-state index in [-0.39, 0.29) is 30.5 Å². The van der Waals surface area contributed by atoms with Crippen LogP contribution in [0.5, 0.6) is 5.75 Å². The zero-order valence-electron chi connectivity index (χ0n) is 14.5. The summed E-state index contributed by atoms with van der Waals surface area (Å²) in [6.45, 7) is 1.43. The number of aliphatic hydroxyl groups excluding tert-OH is 1. The molecule has 0 bridgehead atoms. The lowest BCUT2D eigenvalue weighted by Crippen LogP contribution is -2.55. The Bertz CT molecular complexity index is 946. The fourth-order valence-electron chi connectivity index (χ4n) is 3.97. The first-order chi connectivity index (χ1) is 12.9. The first-order valence-electron chi connectivity index (χ1n) is 8.80. The number of halogens is 1. The van der Waals surface area contributed by atoms with Crippen molar-refractivity contribution >= 4 is 17.0 Å². The normalized spacial score (nSPS) is 25.2. The van der Waals surface area contributed by atoms with Crippen LogP contribution < -0.4 is 15.6 Å². The van der Waals surface area contributed by atoms with Crippen LogP contribution in [0.1, 0.15) is 12.5 Å². The van der Waals surface area contributed by atoms with E-state index in [1.807, 2.05) is 4.90 Å². The molecule has 2 aromatic rings. The van der Waals surface area contributed by atoms with E-state index in [2.05, 4.69) is 5.32 Å². The number of carboxylic acid groups (broad SMARTS) is 1. The summed E-state index contributed by atoms with van der Waals surface area (Å²) in [7, 11) is 0. The average molecular weight is 377 g/mol. The molecule has 0 radical (unpaired) electrons. The minimum Gasteiger partial charge on any atom is -0.486 e. The van der Waals surface area contributed by atoms with Gasteiger partial charge in [-0.25, -0.2) is 9.18 Å². The maximum atomic E-state index is 14.1. The van der Waals surface area contributed by atoms with Crippen LogP contribution in [0.15, 0.2) is 29.1 Å². The lowest BCUT2D eigenvalue weighted by atomic mass is 10.0. The van der Waals surface area contributed by atoms with Gasteiger partial charge in [0.1, 0.15) is 6.61 Å². The van der Waals surface area contributed by atoms with Gasteiger partial charge in [-0.3, -0.25) is 14.3 Å². The Kier molecular flexibility index (Phi) is 4.48. The second-order valence-electron chi connectivity index (χ2n) is 6.99. The van der Waals surface area contributed by atoms with Crippen molar-refractivity contribution in [2.45, 2.75) is 24.6 Å². The van der Waals surface area contributed by atoms with E-state index in [1.54, 1.807) is 16.7 Å². The second-order valence-corrected chi connectivity index (χ2v) is 6.99. The highest BCUT2D eigenvalue weighted by atomic mass is 19.1. The van der Waals surface area contributed by atoms with Gasteiger partial charge in [-0.05, 0) is 24.6 Å². The molecule has 0 spiro atoms. The lowest BCUT2D eigenvalue weighted by Gasteiger charge is -2.38. The number of β-amino-alcohol motifs (C(OH)–C–C–N with tert-alkyl or cyclic N) is 1. The molecule has 3 heterocycles. The van der Waals surface area contributed by atoms with Crippen LogP contribution in [0.2, 0.25) is 0 Å². The van der Waals surface area contributed by atoms with Gasteiger partial charge in [0.05, 0.1) is 23.7 Å². The van der Waals surface area contributed by atoms with Crippen LogP contribution in [0.25, 0.3) is 10.9 Å². The number of rotatable bonds is 3. The Morgan fingerprint density at radius 2 is 2.11 bits per heavy atom. The minimum absolute atomic E-state index is 0.0888. The highest BCUT2D eigenvalue weighted by Gasteiger charge is 2.32. The molecule has 2 aliphatic heterocycles. The van der Waals surface area contributed by atoms with Crippen molar-refractivity contribution in [1.29, 1.82) is 0 Å². The van der Waals surface area contributed by atoms with Crippen LogP contribution in [-0.4, -0.2) is 64.2 Å². The summed E-state index contributed by atoms with van der Waals surface area (Å²) in [6, 6.07) is 5.20. The molecular formula is C18H20FN3O5. The van der Waals surface area contributed by atoms with Gasteiger partial charge >= 0.3 is 6.09 Å².